The predicted octanol–water partition coefficient (Wildman–Crippen LogP) is 3.07. The van der Waals surface area contributed by atoms with E-state index in [4.69, 9.17) is 9.47 Å². The van der Waals surface area contributed by atoms with E-state index in [1.165, 1.54) is 0 Å². The molecule has 0 amide bonds. The first kappa shape index (κ1) is 22.1. The fourth-order valence-corrected chi connectivity index (χ4v) is 6.86. The molecule has 1 unspecified atom stereocenters. The van der Waals surface area contributed by atoms with Gasteiger partial charge in [0.1, 0.15) is 12.1 Å². The van der Waals surface area contributed by atoms with Gasteiger partial charge < -0.3 is 14.4 Å². The van der Waals surface area contributed by atoms with Gasteiger partial charge in [-0.3, -0.25) is 0 Å². The van der Waals surface area contributed by atoms with Crippen molar-refractivity contribution in [2.75, 3.05) is 45.3 Å². The first-order valence-corrected chi connectivity index (χ1v) is 12.6. The molecular weight excluding hydrogens is 416 g/mol. The van der Waals surface area contributed by atoms with Crippen molar-refractivity contribution in [3.8, 4) is 11.5 Å². The summed E-state index contributed by atoms with van der Waals surface area (Å²) in [6.45, 7) is 4.99. The second-order valence-electron chi connectivity index (χ2n) is 8.38. The Labute approximate surface area is 184 Å². The number of anilines is 1. The molecule has 2 fully saturated rings. The molecule has 4 rings (SSSR count). The molecule has 8 nitrogen and oxygen atoms in total. The topological polar surface area (TPSA) is 84.9 Å². The van der Waals surface area contributed by atoms with Crippen molar-refractivity contribution >= 4 is 26.7 Å². The van der Waals surface area contributed by atoms with Gasteiger partial charge in [-0.25, -0.2) is 22.7 Å². The van der Waals surface area contributed by atoms with E-state index in [0.29, 0.717) is 30.5 Å². The molecule has 1 atom stereocenters. The highest BCUT2D eigenvalue weighted by molar-refractivity contribution is 7.90. The van der Waals surface area contributed by atoms with Crippen molar-refractivity contribution in [1.29, 1.82) is 0 Å². The summed E-state index contributed by atoms with van der Waals surface area (Å²) in [6.07, 6.45) is 6.21. The average molecular weight is 449 g/mol. The van der Waals surface area contributed by atoms with E-state index < -0.39 is 10.0 Å². The van der Waals surface area contributed by atoms with Gasteiger partial charge in [0.2, 0.25) is 10.0 Å². The highest BCUT2D eigenvalue weighted by atomic mass is 32.2. The zero-order chi connectivity index (χ0) is 22.0. The number of piperidine rings is 1. The number of hydrogen-bond donors (Lipinski definition) is 0. The molecule has 31 heavy (non-hydrogen) atoms. The first-order chi connectivity index (χ1) is 15.0. The fourth-order valence-electron chi connectivity index (χ4n) is 4.88. The smallest absolute Gasteiger partial charge is 0.217 e. The summed E-state index contributed by atoms with van der Waals surface area (Å²) in [4.78, 5) is 11.3. The number of nitrogens with zero attached hydrogens (tertiary/aromatic N) is 4. The number of sulfonamides is 1. The Morgan fingerprint density at radius 2 is 1.71 bits per heavy atom. The fraction of sp³-hybridized carbons (Fsp3) is 0.636. The minimum Gasteiger partial charge on any atom is -0.493 e. The Morgan fingerprint density at radius 1 is 1.00 bits per heavy atom. The molecule has 0 aliphatic carbocycles. The van der Waals surface area contributed by atoms with Crippen LogP contribution in [-0.4, -0.2) is 68.3 Å². The van der Waals surface area contributed by atoms with E-state index in [9.17, 15) is 8.42 Å². The van der Waals surface area contributed by atoms with Crippen LogP contribution in [0.2, 0.25) is 0 Å². The SMILES string of the molecule is CCN1CCC(CCC2CCN(c3ncnc4cc(OC)c(OC)cc34)CC2)S1(=O)=O. The molecule has 2 saturated heterocycles. The third-order valence-electron chi connectivity index (χ3n) is 6.76. The normalized spacial score (nSPS) is 22.2. The van der Waals surface area contributed by atoms with Crippen LogP contribution in [0.4, 0.5) is 5.82 Å². The second-order valence-corrected chi connectivity index (χ2v) is 10.6. The summed E-state index contributed by atoms with van der Waals surface area (Å²) in [6, 6.07) is 3.83. The van der Waals surface area contributed by atoms with Crippen LogP contribution in [0.25, 0.3) is 10.9 Å². The van der Waals surface area contributed by atoms with E-state index >= 15 is 0 Å². The zero-order valence-electron chi connectivity index (χ0n) is 18.6. The van der Waals surface area contributed by atoms with Gasteiger partial charge in [0.05, 0.1) is 25.0 Å². The lowest BCUT2D eigenvalue weighted by molar-refractivity contribution is 0.355. The second kappa shape index (κ2) is 9.16. The molecule has 2 aliphatic rings. The summed E-state index contributed by atoms with van der Waals surface area (Å²) in [5.74, 6) is 2.80. The van der Waals surface area contributed by atoms with Crippen molar-refractivity contribution < 1.29 is 17.9 Å². The van der Waals surface area contributed by atoms with E-state index in [-0.39, 0.29) is 5.25 Å². The Kier molecular flexibility index (Phi) is 6.52. The lowest BCUT2D eigenvalue weighted by Gasteiger charge is -2.33. The molecule has 0 saturated carbocycles. The summed E-state index contributed by atoms with van der Waals surface area (Å²) < 4.78 is 37.6. The highest BCUT2D eigenvalue weighted by Gasteiger charge is 2.37. The van der Waals surface area contributed by atoms with E-state index in [2.05, 4.69) is 14.9 Å². The minimum absolute atomic E-state index is 0.196. The lowest BCUT2D eigenvalue weighted by Crippen LogP contribution is -2.35. The molecule has 1 aromatic heterocycles. The van der Waals surface area contributed by atoms with Crippen LogP contribution in [0.1, 0.15) is 39.0 Å². The first-order valence-electron chi connectivity index (χ1n) is 11.1. The maximum absolute atomic E-state index is 12.5. The summed E-state index contributed by atoms with van der Waals surface area (Å²) in [5.41, 5.74) is 0.830. The highest BCUT2D eigenvalue weighted by Crippen LogP contribution is 2.36. The summed E-state index contributed by atoms with van der Waals surface area (Å²) in [7, 11) is 0.161. The van der Waals surface area contributed by atoms with Gasteiger partial charge in [-0.15, -0.1) is 0 Å². The third-order valence-corrected chi connectivity index (χ3v) is 9.24. The van der Waals surface area contributed by atoms with Crippen LogP contribution in [0.5, 0.6) is 11.5 Å². The number of benzene rings is 1. The summed E-state index contributed by atoms with van der Waals surface area (Å²) >= 11 is 0. The van der Waals surface area contributed by atoms with E-state index in [1.807, 2.05) is 19.1 Å². The Hall–Kier alpha value is -2.13. The number of rotatable bonds is 7. The maximum atomic E-state index is 12.5. The third kappa shape index (κ3) is 4.30. The maximum Gasteiger partial charge on any atom is 0.217 e. The molecular formula is C22H32N4O4S. The average Bonchev–Trinajstić information content (AvgIpc) is 3.09. The molecule has 2 aromatic rings. The quantitative estimate of drug-likeness (QED) is 0.643. The zero-order valence-corrected chi connectivity index (χ0v) is 19.4. The number of methoxy groups -OCH3 is 2. The van der Waals surface area contributed by atoms with Gasteiger partial charge in [0.25, 0.3) is 0 Å². The van der Waals surface area contributed by atoms with Crippen molar-refractivity contribution in [2.24, 2.45) is 5.92 Å². The molecule has 170 valence electrons. The summed E-state index contributed by atoms with van der Waals surface area (Å²) in [5, 5.41) is 0.758. The Morgan fingerprint density at radius 3 is 2.35 bits per heavy atom. The Bertz CT molecular complexity index is 1020. The van der Waals surface area contributed by atoms with Gasteiger partial charge >= 0.3 is 0 Å². The van der Waals surface area contributed by atoms with Crippen LogP contribution in [-0.2, 0) is 10.0 Å². The van der Waals surface area contributed by atoms with Crippen molar-refractivity contribution in [2.45, 2.75) is 44.3 Å². The van der Waals surface area contributed by atoms with Crippen LogP contribution in [0, 0.1) is 5.92 Å². The van der Waals surface area contributed by atoms with Gasteiger partial charge in [-0.2, -0.15) is 0 Å². The minimum atomic E-state index is -3.09. The van der Waals surface area contributed by atoms with Crippen molar-refractivity contribution in [3.63, 3.8) is 0 Å². The number of aromatic nitrogens is 2. The van der Waals surface area contributed by atoms with Crippen molar-refractivity contribution in [1.82, 2.24) is 14.3 Å². The monoisotopic (exact) mass is 448 g/mol. The van der Waals surface area contributed by atoms with Crippen LogP contribution < -0.4 is 14.4 Å². The Balaban J connectivity index is 1.41. The van der Waals surface area contributed by atoms with Crippen molar-refractivity contribution in [3.05, 3.63) is 18.5 Å². The lowest BCUT2D eigenvalue weighted by atomic mass is 9.91. The standard InChI is InChI=1S/C22H32N4O4S/c1-4-26-12-9-17(31(26,27)28)6-5-16-7-10-25(11-8-16)22-18-13-20(29-2)21(30-3)14-19(18)23-15-24-22/h13-17H,4-12H2,1-3H3. The number of hydrogen-bond acceptors (Lipinski definition) is 7. The molecule has 0 bridgehead atoms. The molecule has 0 radical (unpaired) electrons. The van der Waals surface area contributed by atoms with Crippen LogP contribution >= 0.6 is 0 Å². The van der Waals surface area contributed by atoms with Gasteiger partial charge in [-0.1, -0.05) is 6.92 Å². The van der Waals surface area contributed by atoms with Gasteiger partial charge in [0, 0.05) is 37.6 Å². The molecule has 0 spiro atoms. The van der Waals surface area contributed by atoms with E-state index in [0.717, 1.165) is 61.9 Å². The number of ether oxygens (including phenoxy) is 2. The van der Waals surface area contributed by atoms with E-state index in [1.54, 1.807) is 24.9 Å². The van der Waals surface area contributed by atoms with Gasteiger partial charge in [-0.05, 0) is 44.1 Å². The molecule has 9 heteroatoms. The number of fused-ring (bicyclic) bond motifs is 1. The predicted molar refractivity (Wildman–Crippen MR) is 121 cm³/mol. The molecule has 1 aromatic carbocycles. The molecule has 3 heterocycles. The molecule has 0 N–H and O–H groups in total. The van der Waals surface area contributed by atoms with Crippen LogP contribution in [0.15, 0.2) is 18.5 Å². The largest absolute Gasteiger partial charge is 0.493 e. The van der Waals surface area contributed by atoms with Crippen LogP contribution in [0.3, 0.4) is 0 Å². The van der Waals surface area contributed by atoms with Gasteiger partial charge in [0.15, 0.2) is 11.5 Å². The molecule has 2 aliphatic heterocycles.